The van der Waals surface area contributed by atoms with Gasteiger partial charge in [-0.15, -0.1) is 0 Å². The van der Waals surface area contributed by atoms with Crippen LogP contribution in [0.5, 0.6) is 0 Å². The molecule has 0 radical (unpaired) electrons. The fourth-order valence-corrected chi connectivity index (χ4v) is 3.38. The molecule has 2 atom stereocenters. The average Bonchev–Trinajstić information content (AvgIpc) is 3.27. The van der Waals surface area contributed by atoms with Crippen molar-refractivity contribution in [2.75, 3.05) is 6.54 Å². The summed E-state index contributed by atoms with van der Waals surface area (Å²) in [5.41, 5.74) is 7.48. The average molecular weight is 272 g/mol. The number of hydrogen-bond donors (Lipinski definition) is 2. The Hall–Kier alpha value is -1.35. The maximum Gasteiger partial charge on any atom is 0.223 e. The minimum Gasteiger partial charge on any atom is -0.354 e. The molecule has 3 heteroatoms. The van der Waals surface area contributed by atoms with Crippen molar-refractivity contribution in [1.82, 2.24) is 5.32 Å². The van der Waals surface area contributed by atoms with Crippen LogP contribution in [0.1, 0.15) is 50.0 Å². The Morgan fingerprint density at radius 2 is 1.90 bits per heavy atom. The van der Waals surface area contributed by atoms with Crippen LogP contribution in [-0.4, -0.2) is 18.0 Å². The lowest BCUT2D eigenvalue weighted by atomic mass is 9.82. The van der Waals surface area contributed by atoms with Gasteiger partial charge in [-0.05, 0) is 30.7 Å². The first kappa shape index (κ1) is 13.6. The van der Waals surface area contributed by atoms with Crippen molar-refractivity contribution in [3.8, 4) is 0 Å². The van der Waals surface area contributed by atoms with E-state index in [1.165, 1.54) is 24.8 Å². The van der Waals surface area contributed by atoms with Crippen molar-refractivity contribution in [2.45, 2.75) is 50.0 Å². The smallest absolute Gasteiger partial charge is 0.223 e. The monoisotopic (exact) mass is 272 g/mol. The molecular weight excluding hydrogens is 248 g/mol. The second kappa shape index (κ2) is 5.57. The van der Waals surface area contributed by atoms with E-state index in [0.29, 0.717) is 12.5 Å². The van der Waals surface area contributed by atoms with Gasteiger partial charge in [0.15, 0.2) is 0 Å². The van der Waals surface area contributed by atoms with Crippen LogP contribution in [0.25, 0.3) is 0 Å². The number of carbonyl (C=O) groups excluding carboxylic acids is 1. The lowest BCUT2D eigenvalue weighted by molar-refractivity contribution is -0.122. The van der Waals surface area contributed by atoms with Crippen molar-refractivity contribution >= 4 is 5.91 Å². The van der Waals surface area contributed by atoms with Gasteiger partial charge in [0.25, 0.3) is 0 Å². The van der Waals surface area contributed by atoms with Gasteiger partial charge >= 0.3 is 0 Å². The molecule has 3 N–H and O–H groups in total. The normalized spacial score (nSPS) is 27.9. The van der Waals surface area contributed by atoms with E-state index in [1.54, 1.807) is 0 Å². The molecule has 2 aliphatic carbocycles. The minimum atomic E-state index is -0.162. The van der Waals surface area contributed by atoms with E-state index in [1.807, 2.05) is 18.2 Å². The molecule has 20 heavy (non-hydrogen) atoms. The Kier molecular flexibility index (Phi) is 3.79. The van der Waals surface area contributed by atoms with E-state index < -0.39 is 0 Å². The zero-order chi connectivity index (χ0) is 14.0. The highest BCUT2D eigenvalue weighted by atomic mass is 16.2. The molecule has 108 valence electrons. The fourth-order valence-electron chi connectivity index (χ4n) is 3.38. The molecule has 3 nitrogen and oxygen atoms in total. The van der Waals surface area contributed by atoms with Gasteiger partial charge in [-0.2, -0.15) is 0 Å². The molecule has 3 rings (SSSR count). The van der Waals surface area contributed by atoms with E-state index in [-0.39, 0.29) is 17.4 Å². The van der Waals surface area contributed by atoms with Gasteiger partial charge in [-0.3, -0.25) is 4.79 Å². The second-order valence-corrected chi connectivity index (χ2v) is 6.50. The molecule has 0 heterocycles. The maximum atomic E-state index is 12.2. The molecule has 1 aromatic rings. The summed E-state index contributed by atoms with van der Waals surface area (Å²) >= 11 is 0. The van der Waals surface area contributed by atoms with E-state index in [2.05, 4.69) is 17.4 Å². The number of carbonyl (C=O) groups is 1. The van der Waals surface area contributed by atoms with Crippen LogP contribution >= 0.6 is 0 Å². The quantitative estimate of drug-likeness (QED) is 0.885. The summed E-state index contributed by atoms with van der Waals surface area (Å²) in [4.78, 5) is 12.2. The van der Waals surface area contributed by atoms with Crippen LogP contribution in [0.3, 0.4) is 0 Å². The predicted molar refractivity (Wildman–Crippen MR) is 80.3 cm³/mol. The first-order chi connectivity index (χ1) is 9.68. The Balaban J connectivity index is 1.49. The van der Waals surface area contributed by atoms with Crippen LogP contribution in [0.2, 0.25) is 0 Å². The van der Waals surface area contributed by atoms with Crippen LogP contribution in [-0.2, 0) is 4.79 Å². The summed E-state index contributed by atoms with van der Waals surface area (Å²) in [5.74, 6) is 0.759. The van der Waals surface area contributed by atoms with Crippen LogP contribution in [0.15, 0.2) is 30.3 Å². The number of hydrogen-bond acceptors (Lipinski definition) is 2. The zero-order valence-electron chi connectivity index (χ0n) is 12.0. The molecule has 2 fully saturated rings. The molecule has 0 bridgehead atoms. The number of nitrogens with one attached hydrogen (secondary N) is 1. The summed E-state index contributed by atoms with van der Waals surface area (Å²) in [6.07, 6.45) is 6.74. The number of benzene rings is 1. The first-order valence-electron chi connectivity index (χ1n) is 7.79. The van der Waals surface area contributed by atoms with E-state index in [4.69, 9.17) is 5.73 Å². The summed E-state index contributed by atoms with van der Waals surface area (Å²) in [5, 5.41) is 3.09. The van der Waals surface area contributed by atoms with E-state index >= 15 is 0 Å². The zero-order valence-corrected chi connectivity index (χ0v) is 12.0. The van der Waals surface area contributed by atoms with Crippen molar-refractivity contribution < 1.29 is 4.79 Å². The largest absolute Gasteiger partial charge is 0.354 e. The summed E-state index contributed by atoms with van der Waals surface area (Å²) in [7, 11) is 0. The van der Waals surface area contributed by atoms with Crippen molar-refractivity contribution in [3.05, 3.63) is 35.9 Å². The Labute approximate surface area is 120 Å². The molecule has 0 spiro atoms. The number of rotatable bonds is 4. The molecule has 1 aromatic carbocycles. The second-order valence-electron chi connectivity index (χ2n) is 6.50. The van der Waals surface area contributed by atoms with Crippen LogP contribution < -0.4 is 11.1 Å². The SMILES string of the molecule is NC1(CNC(=O)[C@@H]2C[C@@H]2c2ccccc2)CCCCC1. The summed E-state index contributed by atoms with van der Waals surface area (Å²) in [6, 6.07) is 10.3. The van der Waals surface area contributed by atoms with Crippen molar-refractivity contribution in [3.63, 3.8) is 0 Å². The Bertz CT molecular complexity index is 465. The van der Waals surface area contributed by atoms with Crippen LogP contribution in [0.4, 0.5) is 0 Å². The fraction of sp³-hybridized carbons (Fsp3) is 0.588. The number of amides is 1. The molecule has 0 saturated heterocycles. The van der Waals surface area contributed by atoms with Gasteiger partial charge in [0.2, 0.25) is 5.91 Å². The minimum absolute atomic E-state index is 0.157. The highest BCUT2D eigenvalue weighted by Crippen LogP contribution is 2.47. The van der Waals surface area contributed by atoms with E-state index in [9.17, 15) is 4.79 Å². The maximum absolute atomic E-state index is 12.2. The third-order valence-electron chi connectivity index (χ3n) is 4.82. The third kappa shape index (κ3) is 3.04. The van der Waals surface area contributed by atoms with Crippen molar-refractivity contribution in [2.24, 2.45) is 11.7 Å². The topological polar surface area (TPSA) is 55.1 Å². The lowest BCUT2D eigenvalue weighted by Gasteiger charge is -2.33. The Morgan fingerprint density at radius 1 is 1.20 bits per heavy atom. The highest BCUT2D eigenvalue weighted by Gasteiger charge is 2.44. The summed E-state index contributed by atoms with van der Waals surface area (Å²) < 4.78 is 0. The molecule has 0 unspecified atom stereocenters. The highest BCUT2D eigenvalue weighted by molar-refractivity contribution is 5.82. The molecule has 0 aliphatic heterocycles. The lowest BCUT2D eigenvalue weighted by Crippen LogP contribution is -2.51. The van der Waals surface area contributed by atoms with Crippen molar-refractivity contribution in [1.29, 1.82) is 0 Å². The van der Waals surface area contributed by atoms with Gasteiger partial charge in [0.05, 0.1) is 0 Å². The van der Waals surface area contributed by atoms with Gasteiger partial charge in [0.1, 0.15) is 0 Å². The van der Waals surface area contributed by atoms with Gasteiger partial charge in [0, 0.05) is 18.0 Å². The van der Waals surface area contributed by atoms with Crippen LogP contribution in [0, 0.1) is 5.92 Å². The number of nitrogens with two attached hydrogens (primary N) is 1. The predicted octanol–water partition coefficient (Wildman–Crippen LogP) is 2.57. The van der Waals surface area contributed by atoms with Gasteiger partial charge in [-0.1, -0.05) is 49.6 Å². The summed E-state index contributed by atoms with van der Waals surface area (Å²) in [6.45, 7) is 0.643. The Morgan fingerprint density at radius 3 is 2.60 bits per heavy atom. The molecule has 0 aromatic heterocycles. The molecule has 2 saturated carbocycles. The standard InChI is InChI=1S/C17H24N2O/c18-17(9-5-2-6-10-17)12-19-16(20)15-11-14(15)13-7-3-1-4-8-13/h1,3-4,7-8,14-15H,2,5-6,9-12,18H2,(H,19,20)/t14-,15-/m1/s1. The first-order valence-corrected chi connectivity index (χ1v) is 7.79. The third-order valence-corrected chi connectivity index (χ3v) is 4.82. The molecule has 2 aliphatic rings. The van der Waals surface area contributed by atoms with Gasteiger partial charge in [-0.25, -0.2) is 0 Å². The molecule has 1 amide bonds. The van der Waals surface area contributed by atoms with E-state index in [0.717, 1.165) is 19.3 Å². The molecular formula is C17H24N2O. The van der Waals surface area contributed by atoms with Gasteiger partial charge < -0.3 is 11.1 Å².